The maximum Gasteiger partial charge on any atom is 0.0547 e. The van der Waals surface area contributed by atoms with Gasteiger partial charge in [-0.3, -0.25) is 0 Å². The predicted octanol–water partition coefficient (Wildman–Crippen LogP) is 9.40. The molecule has 0 fully saturated rings. The van der Waals surface area contributed by atoms with Crippen molar-refractivity contribution in [1.82, 2.24) is 4.57 Å². The minimum absolute atomic E-state index is 0.0346. The van der Waals surface area contributed by atoms with E-state index in [4.69, 9.17) is 0 Å². The number of rotatable bonds is 1. The summed E-state index contributed by atoms with van der Waals surface area (Å²) < 4.78 is 2.46. The van der Waals surface area contributed by atoms with Gasteiger partial charge in [0.05, 0.1) is 16.7 Å². The van der Waals surface area contributed by atoms with Gasteiger partial charge in [-0.2, -0.15) is 0 Å². The highest BCUT2D eigenvalue weighted by atomic mass is 15.0. The van der Waals surface area contributed by atoms with Gasteiger partial charge in [0.1, 0.15) is 0 Å². The molecule has 0 atom stereocenters. The molecule has 0 amide bonds. The van der Waals surface area contributed by atoms with Crippen molar-refractivity contribution in [3.8, 4) is 16.8 Å². The van der Waals surface area contributed by atoms with E-state index in [9.17, 15) is 0 Å². The summed E-state index contributed by atoms with van der Waals surface area (Å²) in [5.41, 5.74) is 9.32. The second kappa shape index (κ2) is 6.86. The number of benzene rings is 6. The fourth-order valence-corrected chi connectivity index (χ4v) is 6.75. The number of fused-ring (bicyclic) bond motifs is 9. The minimum atomic E-state index is -0.0346. The maximum atomic E-state index is 2.46. The summed E-state index contributed by atoms with van der Waals surface area (Å²) in [5, 5.41) is 7.81. The number of hydrogen-bond acceptors (Lipinski definition) is 0. The molecule has 1 heteroatoms. The summed E-state index contributed by atoms with van der Waals surface area (Å²) >= 11 is 0. The second-order valence-electron chi connectivity index (χ2n) is 10.6. The Hall–Kier alpha value is -4.36. The van der Waals surface area contributed by atoms with E-state index in [1.54, 1.807) is 0 Å². The zero-order valence-electron chi connectivity index (χ0n) is 20.4. The fraction of sp³-hybridized carbons (Fsp3) is 0.0857. The molecule has 7 aromatic rings. The number of hydrogen-bond donors (Lipinski definition) is 0. The van der Waals surface area contributed by atoms with Crippen LogP contribution in [0, 0.1) is 0 Å². The lowest BCUT2D eigenvalue weighted by atomic mass is 9.80. The van der Waals surface area contributed by atoms with Crippen molar-refractivity contribution >= 4 is 43.4 Å². The van der Waals surface area contributed by atoms with Gasteiger partial charge in [0.25, 0.3) is 0 Å². The van der Waals surface area contributed by atoms with Crippen LogP contribution in [0.5, 0.6) is 0 Å². The van der Waals surface area contributed by atoms with Gasteiger partial charge in [0.2, 0.25) is 0 Å². The van der Waals surface area contributed by atoms with Gasteiger partial charge < -0.3 is 4.57 Å². The van der Waals surface area contributed by atoms with E-state index in [1.807, 2.05) is 0 Å². The van der Waals surface area contributed by atoms with Crippen LogP contribution in [0.4, 0.5) is 0 Å². The van der Waals surface area contributed by atoms with E-state index in [1.165, 1.54) is 71.3 Å². The monoisotopic (exact) mass is 459 g/mol. The third kappa shape index (κ3) is 2.45. The molecule has 1 heterocycles. The second-order valence-corrected chi connectivity index (χ2v) is 10.6. The molecule has 1 aliphatic carbocycles. The molecule has 170 valence electrons. The Labute approximate surface area is 210 Å². The standard InChI is InChI=1S/C35H25N/c1-35(2)30-15-7-5-13-25(30)27-19-18-23-20-33-29(21-28(23)34(27)35)26-14-6-8-16-32(26)36(33)31-17-9-11-22-10-3-4-12-24(22)31/h3-21H,1-2H3. The lowest BCUT2D eigenvalue weighted by Gasteiger charge is -2.23. The van der Waals surface area contributed by atoms with Gasteiger partial charge in [-0.1, -0.05) is 105 Å². The molecule has 8 rings (SSSR count). The first kappa shape index (κ1) is 19.9. The first-order valence-electron chi connectivity index (χ1n) is 12.7. The van der Waals surface area contributed by atoms with Crippen molar-refractivity contribution in [1.29, 1.82) is 0 Å². The molecule has 1 aliphatic rings. The molecule has 1 aromatic heterocycles. The Balaban J connectivity index is 1.53. The molecule has 36 heavy (non-hydrogen) atoms. The lowest BCUT2D eigenvalue weighted by molar-refractivity contribution is 0.666. The molecule has 0 spiro atoms. The highest BCUT2D eigenvalue weighted by molar-refractivity contribution is 6.16. The highest BCUT2D eigenvalue weighted by Gasteiger charge is 2.36. The summed E-state index contributed by atoms with van der Waals surface area (Å²) in [6.07, 6.45) is 0. The van der Waals surface area contributed by atoms with Crippen LogP contribution >= 0.6 is 0 Å². The third-order valence-electron chi connectivity index (χ3n) is 8.34. The third-order valence-corrected chi connectivity index (χ3v) is 8.34. The summed E-state index contributed by atoms with van der Waals surface area (Å²) in [6, 6.07) is 42.6. The Morgan fingerprint density at radius 1 is 0.500 bits per heavy atom. The molecule has 0 radical (unpaired) electrons. The molecule has 0 N–H and O–H groups in total. The number of para-hydroxylation sites is 1. The highest BCUT2D eigenvalue weighted by Crippen LogP contribution is 2.52. The van der Waals surface area contributed by atoms with Crippen molar-refractivity contribution in [2.45, 2.75) is 19.3 Å². The van der Waals surface area contributed by atoms with Crippen molar-refractivity contribution in [2.75, 3.05) is 0 Å². The summed E-state index contributed by atoms with van der Waals surface area (Å²) in [6.45, 7) is 4.75. The molecule has 0 saturated carbocycles. The van der Waals surface area contributed by atoms with Crippen molar-refractivity contribution in [3.63, 3.8) is 0 Å². The first-order chi connectivity index (χ1) is 17.6. The van der Waals surface area contributed by atoms with Gasteiger partial charge in [0.15, 0.2) is 0 Å². The Morgan fingerprint density at radius 2 is 1.25 bits per heavy atom. The first-order valence-corrected chi connectivity index (χ1v) is 12.7. The van der Waals surface area contributed by atoms with Crippen LogP contribution in [-0.2, 0) is 5.41 Å². The van der Waals surface area contributed by atoms with Gasteiger partial charge in [-0.25, -0.2) is 0 Å². The molecule has 1 nitrogen and oxygen atoms in total. The van der Waals surface area contributed by atoms with Crippen LogP contribution in [-0.4, -0.2) is 4.57 Å². The molecular formula is C35H25N. The van der Waals surface area contributed by atoms with Crippen molar-refractivity contribution in [2.24, 2.45) is 0 Å². The molecule has 0 aliphatic heterocycles. The topological polar surface area (TPSA) is 4.93 Å². The zero-order chi connectivity index (χ0) is 24.0. The van der Waals surface area contributed by atoms with E-state index >= 15 is 0 Å². The van der Waals surface area contributed by atoms with E-state index in [-0.39, 0.29) is 5.41 Å². The van der Waals surface area contributed by atoms with Crippen molar-refractivity contribution < 1.29 is 0 Å². The largest absolute Gasteiger partial charge is 0.309 e. The van der Waals surface area contributed by atoms with Gasteiger partial charge in [0, 0.05) is 21.6 Å². The van der Waals surface area contributed by atoms with Crippen LogP contribution in [0.2, 0.25) is 0 Å². The molecule has 6 aromatic carbocycles. The Bertz CT molecular complexity index is 2010. The van der Waals surface area contributed by atoms with E-state index < -0.39 is 0 Å². The van der Waals surface area contributed by atoms with Gasteiger partial charge >= 0.3 is 0 Å². The summed E-state index contributed by atoms with van der Waals surface area (Å²) in [5.74, 6) is 0. The summed E-state index contributed by atoms with van der Waals surface area (Å²) in [4.78, 5) is 0. The van der Waals surface area contributed by atoms with Gasteiger partial charge in [-0.05, 0) is 62.7 Å². The quantitative estimate of drug-likeness (QED) is 0.230. The fourth-order valence-electron chi connectivity index (χ4n) is 6.75. The van der Waals surface area contributed by atoms with E-state index in [0.29, 0.717) is 0 Å². The SMILES string of the molecule is CC1(C)c2ccccc2-c2ccc3cc4c(cc3c21)c1ccccc1n4-c1cccc2ccccc12. The van der Waals surface area contributed by atoms with Crippen LogP contribution in [0.3, 0.4) is 0 Å². The van der Waals surface area contributed by atoms with E-state index in [2.05, 4.69) is 134 Å². The maximum absolute atomic E-state index is 2.46. The summed E-state index contributed by atoms with van der Waals surface area (Å²) in [7, 11) is 0. The van der Waals surface area contributed by atoms with Crippen molar-refractivity contribution in [3.05, 3.63) is 126 Å². The molecular weight excluding hydrogens is 434 g/mol. The van der Waals surface area contributed by atoms with Crippen LogP contribution in [0.25, 0.3) is 60.2 Å². The van der Waals surface area contributed by atoms with Crippen LogP contribution in [0.15, 0.2) is 115 Å². The number of nitrogens with zero attached hydrogens (tertiary/aromatic N) is 1. The zero-order valence-corrected chi connectivity index (χ0v) is 20.4. The average Bonchev–Trinajstić information content (AvgIpc) is 3.36. The minimum Gasteiger partial charge on any atom is -0.309 e. The van der Waals surface area contributed by atoms with Gasteiger partial charge in [-0.15, -0.1) is 0 Å². The molecule has 0 bridgehead atoms. The number of aromatic nitrogens is 1. The predicted molar refractivity (Wildman–Crippen MR) is 153 cm³/mol. The smallest absolute Gasteiger partial charge is 0.0547 e. The Morgan fingerprint density at radius 3 is 2.17 bits per heavy atom. The molecule has 0 saturated heterocycles. The average molecular weight is 460 g/mol. The van der Waals surface area contributed by atoms with Crippen LogP contribution < -0.4 is 0 Å². The normalized spacial score (nSPS) is 14.1. The molecule has 0 unspecified atom stereocenters. The van der Waals surface area contributed by atoms with E-state index in [0.717, 1.165) is 0 Å². The lowest BCUT2D eigenvalue weighted by Crippen LogP contribution is -2.15. The Kier molecular flexibility index (Phi) is 3.79. The van der Waals surface area contributed by atoms with Crippen LogP contribution in [0.1, 0.15) is 25.0 Å².